The summed E-state index contributed by atoms with van der Waals surface area (Å²) in [6, 6.07) is 9.91. The molecule has 2 aromatic heterocycles. The second kappa shape index (κ2) is 6.20. The van der Waals surface area contributed by atoms with Gasteiger partial charge >= 0.3 is 5.69 Å². The molecule has 1 aliphatic rings. The summed E-state index contributed by atoms with van der Waals surface area (Å²) in [4.78, 5) is 21.6. The van der Waals surface area contributed by atoms with E-state index in [0.29, 0.717) is 5.65 Å². The van der Waals surface area contributed by atoms with Crippen molar-refractivity contribution in [2.24, 2.45) is 0 Å². The fourth-order valence-corrected chi connectivity index (χ4v) is 3.36. The summed E-state index contributed by atoms with van der Waals surface area (Å²) >= 11 is 0. The van der Waals surface area contributed by atoms with Gasteiger partial charge in [0.2, 0.25) is 0 Å². The Hall–Kier alpha value is -2.89. The molecule has 1 aliphatic heterocycles. The molecular weight excluding hydrogens is 314 g/mol. The largest absolute Gasteiger partial charge is 0.356 e. The van der Waals surface area contributed by atoms with Gasteiger partial charge in [0.05, 0.1) is 11.5 Å². The van der Waals surface area contributed by atoms with Gasteiger partial charge in [0.15, 0.2) is 0 Å². The van der Waals surface area contributed by atoms with Crippen LogP contribution in [0.5, 0.6) is 0 Å². The lowest BCUT2D eigenvalue weighted by Gasteiger charge is -2.29. The molecule has 128 valence electrons. The lowest BCUT2D eigenvalue weighted by Crippen LogP contribution is -2.34. The van der Waals surface area contributed by atoms with Crippen LogP contribution in [0.1, 0.15) is 30.5 Å². The Labute approximate surface area is 145 Å². The lowest BCUT2D eigenvalue weighted by atomic mass is 10.1. The van der Waals surface area contributed by atoms with Gasteiger partial charge in [-0.15, -0.1) is 0 Å². The molecule has 6 heteroatoms. The van der Waals surface area contributed by atoms with E-state index in [1.54, 1.807) is 4.57 Å². The van der Waals surface area contributed by atoms with Crippen molar-refractivity contribution in [3.8, 4) is 5.69 Å². The summed E-state index contributed by atoms with van der Waals surface area (Å²) in [5, 5.41) is 8.97. The number of fused-ring (bicyclic) bond motifs is 1. The van der Waals surface area contributed by atoms with E-state index in [4.69, 9.17) is 5.41 Å². The van der Waals surface area contributed by atoms with Gasteiger partial charge in [-0.3, -0.25) is 9.98 Å². The number of rotatable bonds is 3. The number of H-pyrrole nitrogens is 1. The second-order valence-corrected chi connectivity index (χ2v) is 6.64. The van der Waals surface area contributed by atoms with Crippen molar-refractivity contribution in [3.05, 3.63) is 58.3 Å². The smallest absolute Gasteiger partial charge is 0.354 e. The zero-order valence-corrected chi connectivity index (χ0v) is 14.2. The molecule has 0 bridgehead atoms. The quantitative estimate of drug-likeness (QED) is 0.772. The van der Waals surface area contributed by atoms with Crippen molar-refractivity contribution in [3.63, 3.8) is 0 Å². The predicted molar refractivity (Wildman–Crippen MR) is 98.4 cm³/mol. The standard InChI is InChI=1S/C19H21N5O/c1-13-10-15-12-24(19(25)22-18(15)21-13)16-7-5-14(6-8-16)11-23-9-3-2-4-17(23)20/h5-8,10,12,20H,2-4,9,11H2,1H3,(H,21,22,25). The second-order valence-electron chi connectivity index (χ2n) is 6.64. The van der Waals surface area contributed by atoms with Crippen molar-refractivity contribution in [2.45, 2.75) is 32.7 Å². The van der Waals surface area contributed by atoms with Crippen molar-refractivity contribution in [2.75, 3.05) is 6.54 Å². The minimum absolute atomic E-state index is 0.292. The summed E-state index contributed by atoms with van der Waals surface area (Å²) in [6.45, 7) is 3.65. The number of aryl methyl sites for hydroxylation is 1. The number of amidine groups is 1. The Morgan fingerprint density at radius 3 is 2.80 bits per heavy atom. The summed E-state index contributed by atoms with van der Waals surface area (Å²) in [5.74, 6) is 0.726. The van der Waals surface area contributed by atoms with Crippen LogP contribution in [0.3, 0.4) is 0 Å². The Morgan fingerprint density at radius 1 is 1.24 bits per heavy atom. The number of piperidine rings is 1. The number of aromatic nitrogens is 3. The van der Waals surface area contributed by atoms with Gasteiger partial charge < -0.3 is 9.88 Å². The van der Waals surface area contributed by atoms with Crippen molar-refractivity contribution in [1.82, 2.24) is 19.4 Å². The van der Waals surface area contributed by atoms with E-state index >= 15 is 0 Å². The molecule has 0 saturated carbocycles. The normalized spacial score (nSPS) is 15.1. The third kappa shape index (κ3) is 3.07. The summed E-state index contributed by atoms with van der Waals surface area (Å²) < 4.78 is 1.57. The summed E-state index contributed by atoms with van der Waals surface area (Å²) in [7, 11) is 0. The Balaban J connectivity index is 1.60. The van der Waals surface area contributed by atoms with Crippen molar-refractivity contribution in [1.29, 1.82) is 5.41 Å². The van der Waals surface area contributed by atoms with Gasteiger partial charge in [0.25, 0.3) is 0 Å². The van der Waals surface area contributed by atoms with Crippen molar-refractivity contribution < 1.29 is 0 Å². The highest BCUT2D eigenvalue weighted by atomic mass is 16.1. The molecule has 0 atom stereocenters. The van der Waals surface area contributed by atoms with Crippen LogP contribution in [0.15, 0.2) is 41.3 Å². The van der Waals surface area contributed by atoms with Gasteiger partial charge in [0.1, 0.15) is 5.65 Å². The van der Waals surface area contributed by atoms with E-state index in [1.807, 2.05) is 43.5 Å². The predicted octanol–water partition coefficient (Wildman–Crippen LogP) is 2.99. The number of nitrogens with one attached hydrogen (secondary N) is 2. The maximum absolute atomic E-state index is 12.3. The van der Waals surface area contributed by atoms with Crippen LogP contribution in [0.4, 0.5) is 0 Å². The van der Waals surface area contributed by atoms with Crippen LogP contribution in [0.2, 0.25) is 0 Å². The molecule has 0 radical (unpaired) electrons. The van der Waals surface area contributed by atoms with Crippen LogP contribution in [-0.2, 0) is 6.54 Å². The number of nitrogens with zero attached hydrogens (tertiary/aromatic N) is 3. The highest BCUT2D eigenvalue weighted by molar-refractivity contribution is 5.79. The van der Waals surface area contributed by atoms with E-state index in [9.17, 15) is 4.79 Å². The van der Waals surface area contributed by atoms with Crippen LogP contribution in [0.25, 0.3) is 16.7 Å². The zero-order chi connectivity index (χ0) is 17.4. The molecule has 3 aromatic rings. The number of hydrogen-bond donors (Lipinski definition) is 2. The van der Waals surface area contributed by atoms with Gasteiger partial charge in [-0.25, -0.2) is 4.79 Å². The monoisotopic (exact) mass is 335 g/mol. The average Bonchev–Trinajstić information content (AvgIpc) is 2.96. The van der Waals surface area contributed by atoms with Gasteiger partial charge in [0, 0.05) is 36.8 Å². The summed E-state index contributed by atoms with van der Waals surface area (Å²) in [6.07, 6.45) is 4.96. The molecule has 1 fully saturated rings. The zero-order valence-electron chi connectivity index (χ0n) is 14.2. The molecule has 4 rings (SSSR count). The molecule has 25 heavy (non-hydrogen) atoms. The molecular formula is C19H21N5O. The first-order valence-electron chi connectivity index (χ1n) is 8.61. The Bertz CT molecular complexity index is 983. The summed E-state index contributed by atoms with van der Waals surface area (Å²) in [5.41, 5.74) is 3.27. The lowest BCUT2D eigenvalue weighted by molar-refractivity contribution is 0.361. The average molecular weight is 335 g/mol. The van der Waals surface area contributed by atoms with E-state index < -0.39 is 0 Å². The fourth-order valence-electron chi connectivity index (χ4n) is 3.36. The third-order valence-electron chi connectivity index (χ3n) is 4.70. The third-order valence-corrected chi connectivity index (χ3v) is 4.70. The number of hydrogen-bond acceptors (Lipinski definition) is 3. The SMILES string of the molecule is Cc1cc2cn(-c3ccc(CN4CCCCC4=N)cc3)c(=O)nc2[nH]1. The van der Waals surface area contributed by atoms with E-state index in [-0.39, 0.29) is 5.69 Å². The molecule has 0 unspecified atom stereocenters. The first-order valence-corrected chi connectivity index (χ1v) is 8.61. The van der Waals surface area contributed by atoms with E-state index in [2.05, 4.69) is 14.9 Å². The van der Waals surface area contributed by atoms with E-state index in [0.717, 1.165) is 60.5 Å². The molecule has 0 amide bonds. The number of aromatic amines is 1. The van der Waals surface area contributed by atoms with Crippen LogP contribution < -0.4 is 5.69 Å². The molecule has 0 aliphatic carbocycles. The highest BCUT2D eigenvalue weighted by Gasteiger charge is 2.15. The first-order chi connectivity index (χ1) is 12.1. The molecule has 3 heterocycles. The minimum Gasteiger partial charge on any atom is -0.356 e. The van der Waals surface area contributed by atoms with Gasteiger partial charge in [-0.2, -0.15) is 4.98 Å². The molecule has 6 nitrogen and oxygen atoms in total. The topological polar surface area (TPSA) is 77.8 Å². The van der Waals surface area contributed by atoms with Crippen LogP contribution in [0, 0.1) is 12.3 Å². The van der Waals surface area contributed by atoms with Crippen LogP contribution >= 0.6 is 0 Å². The van der Waals surface area contributed by atoms with Gasteiger partial charge in [-0.05, 0) is 43.5 Å². The molecule has 1 saturated heterocycles. The van der Waals surface area contributed by atoms with Crippen LogP contribution in [-0.4, -0.2) is 31.8 Å². The van der Waals surface area contributed by atoms with Crippen molar-refractivity contribution >= 4 is 16.9 Å². The molecule has 2 N–H and O–H groups in total. The minimum atomic E-state index is -0.292. The number of benzene rings is 1. The van der Waals surface area contributed by atoms with E-state index in [1.165, 1.54) is 0 Å². The highest BCUT2D eigenvalue weighted by Crippen LogP contribution is 2.17. The maximum atomic E-state index is 12.3. The Kier molecular flexibility index (Phi) is 3.87. The molecule has 0 spiro atoms. The first kappa shape index (κ1) is 15.6. The maximum Gasteiger partial charge on any atom is 0.354 e. The fraction of sp³-hybridized carbons (Fsp3) is 0.316. The van der Waals surface area contributed by atoms with Gasteiger partial charge in [-0.1, -0.05) is 12.1 Å². The number of likely N-dealkylation sites (tertiary alicyclic amines) is 1. The Morgan fingerprint density at radius 2 is 2.04 bits per heavy atom. The molecule has 1 aromatic carbocycles.